The van der Waals surface area contributed by atoms with Gasteiger partial charge in [0.25, 0.3) is 0 Å². The number of pyridine rings is 1. The van der Waals surface area contributed by atoms with Gasteiger partial charge in [-0.2, -0.15) is 0 Å². The zero-order valence-electron chi connectivity index (χ0n) is 11.9. The molecule has 0 aliphatic carbocycles. The van der Waals surface area contributed by atoms with Crippen molar-refractivity contribution in [2.24, 2.45) is 0 Å². The smallest absolute Gasteiger partial charge is 0.133 e. The monoisotopic (exact) mass is 291 g/mol. The molecule has 1 N–H and O–H groups in total. The summed E-state index contributed by atoms with van der Waals surface area (Å²) in [6.07, 6.45) is 0. The topological polar surface area (TPSA) is 37.4 Å². The molecule has 106 valence electrons. The van der Waals surface area contributed by atoms with Gasteiger partial charge in [0.05, 0.1) is 17.8 Å². The number of hydrogen-bond acceptors (Lipinski definition) is 4. The van der Waals surface area contributed by atoms with Gasteiger partial charge in [-0.05, 0) is 31.3 Å². The molecule has 1 aromatic heterocycles. The van der Waals surface area contributed by atoms with Crippen LogP contribution in [-0.2, 0) is 6.54 Å². The summed E-state index contributed by atoms with van der Waals surface area (Å²) >= 11 is 6.13. The number of benzene rings is 1. The first-order valence-electron chi connectivity index (χ1n) is 6.33. The van der Waals surface area contributed by atoms with Crippen molar-refractivity contribution in [3.05, 3.63) is 47.1 Å². The minimum Gasteiger partial charge on any atom is -0.497 e. The van der Waals surface area contributed by atoms with Crippen molar-refractivity contribution in [1.29, 1.82) is 0 Å². The number of halogens is 1. The van der Waals surface area contributed by atoms with E-state index in [1.54, 1.807) is 7.11 Å². The SMILES string of the molecule is CNCc1nc(N(C)c2cccc(OC)c2)ccc1Cl. The Balaban J connectivity index is 2.32. The predicted molar refractivity (Wildman–Crippen MR) is 83.1 cm³/mol. The van der Waals surface area contributed by atoms with Crippen LogP contribution in [0, 0.1) is 0 Å². The molecule has 1 heterocycles. The molecule has 0 saturated carbocycles. The van der Waals surface area contributed by atoms with Crippen LogP contribution in [0.1, 0.15) is 5.69 Å². The Kier molecular flexibility index (Phi) is 4.82. The van der Waals surface area contributed by atoms with Crippen molar-refractivity contribution in [2.75, 3.05) is 26.1 Å². The lowest BCUT2D eigenvalue weighted by Crippen LogP contribution is -2.14. The zero-order valence-corrected chi connectivity index (χ0v) is 12.6. The summed E-state index contributed by atoms with van der Waals surface area (Å²) in [7, 11) is 5.50. The third-order valence-electron chi connectivity index (χ3n) is 3.03. The Morgan fingerprint density at radius 2 is 2.10 bits per heavy atom. The molecule has 0 amide bonds. The number of aromatic nitrogens is 1. The number of methoxy groups -OCH3 is 1. The molecule has 0 bridgehead atoms. The van der Waals surface area contributed by atoms with Crippen molar-refractivity contribution >= 4 is 23.1 Å². The molecule has 20 heavy (non-hydrogen) atoms. The van der Waals surface area contributed by atoms with Crippen LogP contribution in [0.15, 0.2) is 36.4 Å². The van der Waals surface area contributed by atoms with Gasteiger partial charge in [0.1, 0.15) is 11.6 Å². The molecule has 0 fully saturated rings. The molecule has 0 radical (unpaired) electrons. The molecule has 2 rings (SSSR count). The van der Waals surface area contributed by atoms with Crippen LogP contribution < -0.4 is 15.0 Å². The van der Waals surface area contributed by atoms with Gasteiger partial charge in [-0.3, -0.25) is 0 Å². The summed E-state index contributed by atoms with van der Waals surface area (Å²) in [6.45, 7) is 0.638. The van der Waals surface area contributed by atoms with E-state index in [0.29, 0.717) is 11.6 Å². The lowest BCUT2D eigenvalue weighted by atomic mass is 10.2. The Labute approximate surface area is 124 Å². The van der Waals surface area contributed by atoms with Gasteiger partial charge >= 0.3 is 0 Å². The quantitative estimate of drug-likeness (QED) is 0.918. The summed E-state index contributed by atoms with van der Waals surface area (Å²) in [4.78, 5) is 6.58. The van der Waals surface area contributed by atoms with E-state index in [2.05, 4.69) is 10.3 Å². The second kappa shape index (κ2) is 6.59. The highest BCUT2D eigenvalue weighted by atomic mass is 35.5. The van der Waals surface area contributed by atoms with Gasteiger partial charge in [-0.1, -0.05) is 17.7 Å². The zero-order chi connectivity index (χ0) is 14.5. The van der Waals surface area contributed by atoms with Crippen LogP contribution in [-0.4, -0.2) is 26.2 Å². The molecule has 0 unspecified atom stereocenters. The third-order valence-corrected chi connectivity index (χ3v) is 3.38. The maximum absolute atomic E-state index is 6.13. The van der Waals surface area contributed by atoms with Crippen LogP contribution in [0.5, 0.6) is 5.75 Å². The fraction of sp³-hybridized carbons (Fsp3) is 0.267. The maximum atomic E-state index is 6.13. The van der Waals surface area contributed by atoms with E-state index in [1.807, 2.05) is 55.4 Å². The van der Waals surface area contributed by atoms with Crippen molar-refractivity contribution in [2.45, 2.75) is 6.54 Å². The maximum Gasteiger partial charge on any atom is 0.133 e. The Morgan fingerprint density at radius 1 is 1.30 bits per heavy atom. The van der Waals surface area contributed by atoms with E-state index in [0.717, 1.165) is 22.9 Å². The standard InChI is InChI=1S/C15H18ClN3O/c1-17-10-14-13(16)7-8-15(18-14)19(2)11-5-4-6-12(9-11)20-3/h4-9,17H,10H2,1-3H3. The molecule has 0 saturated heterocycles. The summed E-state index contributed by atoms with van der Waals surface area (Å²) < 4.78 is 5.24. The van der Waals surface area contributed by atoms with Gasteiger partial charge in [0.15, 0.2) is 0 Å². The van der Waals surface area contributed by atoms with Crippen LogP contribution in [0.25, 0.3) is 0 Å². The van der Waals surface area contributed by atoms with Crippen molar-refractivity contribution in [3.63, 3.8) is 0 Å². The predicted octanol–water partition coefficient (Wildman–Crippen LogP) is 3.23. The van der Waals surface area contributed by atoms with E-state index >= 15 is 0 Å². The Hall–Kier alpha value is -1.78. The van der Waals surface area contributed by atoms with Gasteiger partial charge in [-0.25, -0.2) is 4.98 Å². The second-order valence-corrected chi connectivity index (χ2v) is 4.80. The van der Waals surface area contributed by atoms with Crippen LogP contribution in [0.3, 0.4) is 0 Å². The lowest BCUT2D eigenvalue weighted by molar-refractivity contribution is 0.415. The first-order valence-corrected chi connectivity index (χ1v) is 6.71. The average molecular weight is 292 g/mol. The number of ether oxygens (including phenoxy) is 1. The van der Waals surface area contributed by atoms with E-state index in [1.165, 1.54) is 0 Å². The fourth-order valence-electron chi connectivity index (χ4n) is 1.90. The molecule has 1 aromatic carbocycles. The number of hydrogen-bond donors (Lipinski definition) is 1. The molecule has 5 heteroatoms. The average Bonchev–Trinajstić information content (AvgIpc) is 2.49. The summed E-state index contributed by atoms with van der Waals surface area (Å²) in [6, 6.07) is 11.6. The van der Waals surface area contributed by atoms with E-state index in [-0.39, 0.29) is 0 Å². The Bertz CT molecular complexity index is 589. The van der Waals surface area contributed by atoms with Gasteiger partial charge in [0.2, 0.25) is 0 Å². The highest BCUT2D eigenvalue weighted by Crippen LogP contribution is 2.27. The van der Waals surface area contributed by atoms with Crippen molar-refractivity contribution in [3.8, 4) is 5.75 Å². The highest BCUT2D eigenvalue weighted by Gasteiger charge is 2.09. The number of nitrogens with zero attached hydrogens (tertiary/aromatic N) is 2. The van der Waals surface area contributed by atoms with E-state index in [4.69, 9.17) is 16.3 Å². The van der Waals surface area contributed by atoms with E-state index < -0.39 is 0 Å². The molecule has 2 aromatic rings. The van der Waals surface area contributed by atoms with E-state index in [9.17, 15) is 0 Å². The number of anilines is 2. The highest BCUT2D eigenvalue weighted by molar-refractivity contribution is 6.31. The molecule has 0 atom stereocenters. The summed E-state index contributed by atoms with van der Waals surface area (Å²) in [5.41, 5.74) is 1.84. The summed E-state index contributed by atoms with van der Waals surface area (Å²) in [5.74, 6) is 1.66. The molecule has 4 nitrogen and oxygen atoms in total. The first kappa shape index (κ1) is 14.6. The molecule has 0 aliphatic heterocycles. The number of nitrogens with one attached hydrogen (secondary N) is 1. The largest absolute Gasteiger partial charge is 0.497 e. The fourth-order valence-corrected chi connectivity index (χ4v) is 2.07. The summed E-state index contributed by atoms with van der Waals surface area (Å²) in [5, 5.41) is 3.73. The van der Waals surface area contributed by atoms with Crippen LogP contribution >= 0.6 is 11.6 Å². The van der Waals surface area contributed by atoms with Gasteiger partial charge < -0.3 is 15.0 Å². The lowest BCUT2D eigenvalue weighted by Gasteiger charge is -2.20. The van der Waals surface area contributed by atoms with Crippen molar-refractivity contribution in [1.82, 2.24) is 10.3 Å². The van der Waals surface area contributed by atoms with Crippen LogP contribution in [0.4, 0.5) is 11.5 Å². The van der Waals surface area contributed by atoms with Gasteiger partial charge in [-0.15, -0.1) is 0 Å². The molecule has 0 spiro atoms. The molecular weight excluding hydrogens is 274 g/mol. The minimum atomic E-state index is 0.638. The van der Waals surface area contributed by atoms with Gasteiger partial charge in [0, 0.05) is 25.3 Å². The first-order chi connectivity index (χ1) is 9.65. The third kappa shape index (κ3) is 3.21. The Morgan fingerprint density at radius 3 is 2.80 bits per heavy atom. The van der Waals surface area contributed by atoms with Crippen molar-refractivity contribution < 1.29 is 4.74 Å². The second-order valence-electron chi connectivity index (χ2n) is 4.39. The molecular formula is C15H18ClN3O. The number of rotatable bonds is 5. The van der Waals surface area contributed by atoms with Crippen LogP contribution in [0.2, 0.25) is 5.02 Å². The minimum absolute atomic E-state index is 0.638. The normalized spacial score (nSPS) is 10.4. The molecule has 0 aliphatic rings.